The smallest absolute Gasteiger partial charge is 0.326 e. The normalized spacial score (nSPS) is 16.2. The number of furan rings is 1. The van der Waals surface area contributed by atoms with Gasteiger partial charge in [0.25, 0.3) is 11.6 Å². The second-order valence-corrected chi connectivity index (χ2v) is 8.75. The van der Waals surface area contributed by atoms with Gasteiger partial charge in [-0.05, 0) is 24.6 Å². The molecule has 1 fully saturated rings. The van der Waals surface area contributed by atoms with Crippen LogP contribution in [0, 0.1) is 10.1 Å². The van der Waals surface area contributed by atoms with Crippen molar-refractivity contribution in [3.8, 4) is 11.3 Å². The first kappa shape index (κ1) is 23.0. The van der Waals surface area contributed by atoms with Crippen LogP contribution < -0.4 is 0 Å². The highest BCUT2D eigenvalue weighted by Crippen LogP contribution is 2.37. The van der Waals surface area contributed by atoms with Gasteiger partial charge in [-0.3, -0.25) is 19.8 Å². The van der Waals surface area contributed by atoms with Gasteiger partial charge in [-0.15, -0.1) is 0 Å². The number of nitro benzene ring substituents is 1. The van der Waals surface area contributed by atoms with Gasteiger partial charge in [-0.2, -0.15) is 0 Å². The maximum Gasteiger partial charge on any atom is 0.326 e. The van der Waals surface area contributed by atoms with Crippen LogP contribution in [0.3, 0.4) is 0 Å². The number of nitrogens with zero attached hydrogens (tertiary/aromatic N) is 2. The summed E-state index contributed by atoms with van der Waals surface area (Å²) in [4.78, 5) is 36.2. The molecule has 1 amide bonds. The number of rotatable bonds is 8. The van der Waals surface area contributed by atoms with E-state index in [0.29, 0.717) is 29.9 Å². The molecule has 0 radical (unpaired) electrons. The Labute approximate surface area is 192 Å². The van der Waals surface area contributed by atoms with E-state index in [0.717, 1.165) is 23.1 Å². The van der Waals surface area contributed by atoms with Crippen molar-refractivity contribution >= 4 is 63.5 Å². The van der Waals surface area contributed by atoms with Crippen molar-refractivity contribution in [2.75, 3.05) is 0 Å². The first-order valence-corrected chi connectivity index (χ1v) is 10.9. The number of thioether (sulfide) groups is 1. The molecule has 1 aliphatic heterocycles. The third kappa shape index (κ3) is 4.97. The minimum atomic E-state index is -1.10. The highest BCUT2D eigenvalue weighted by Gasteiger charge is 2.40. The number of thiocarbonyl (C=S) groups is 1. The SMILES string of the molecule is CCCC[C@H](C(=O)O)N1C(=O)/C(=C\c2ccc(-c3ccc([N+](=O)[O-])cc3Cl)o2)SC1=S. The Morgan fingerprint density at radius 2 is 2.16 bits per heavy atom. The number of carbonyl (C=O) groups excluding carboxylic acids is 1. The molecule has 1 N–H and O–H groups in total. The van der Waals surface area contributed by atoms with Crippen molar-refractivity contribution in [2.24, 2.45) is 0 Å². The molecule has 1 aliphatic rings. The van der Waals surface area contributed by atoms with Gasteiger partial charge in [0.2, 0.25) is 0 Å². The monoisotopic (exact) mass is 480 g/mol. The number of aliphatic carboxylic acids is 1. The van der Waals surface area contributed by atoms with E-state index in [1.54, 1.807) is 12.1 Å². The molecule has 1 atom stereocenters. The maximum atomic E-state index is 12.8. The van der Waals surface area contributed by atoms with E-state index in [4.69, 9.17) is 28.2 Å². The first-order valence-electron chi connectivity index (χ1n) is 9.27. The van der Waals surface area contributed by atoms with Crippen LogP contribution in [0.25, 0.3) is 17.4 Å². The fraction of sp³-hybridized carbons (Fsp3) is 0.250. The molecule has 2 aromatic rings. The lowest BCUT2D eigenvalue weighted by atomic mass is 10.1. The number of carbonyl (C=O) groups is 2. The van der Waals surface area contributed by atoms with Crippen molar-refractivity contribution in [2.45, 2.75) is 32.2 Å². The van der Waals surface area contributed by atoms with Crippen LogP contribution in [0.5, 0.6) is 0 Å². The van der Waals surface area contributed by atoms with Gasteiger partial charge >= 0.3 is 5.97 Å². The fourth-order valence-corrected chi connectivity index (χ4v) is 4.64. The molecule has 31 heavy (non-hydrogen) atoms. The number of non-ortho nitro benzene ring substituents is 1. The van der Waals surface area contributed by atoms with E-state index in [2.05, 4.69) is 0 Å². The van der Waals surface area contributed by atoms with Crippen molar-refractivity contribution in [1.82, 2.24) is 4.90 Å². The highest BCUT2D eigenvalue weighted by molar-refractivity contribution is 8.26. The zero-order valence-corrected chi connectivity index (χ0v) is 18.6. The molecule has 1 aromatic carbocycles. The number of amides is 1. The molecule has 1 saturated heterocycles. The van der Waals surface area contributed by atoms with Gasteiger partial charge in [0.15, 0.2) is 0 Å². The Hall–Kier alpha value is -2.69. The summed E-state index contributed by atoms with van der Waals surface area (Å²) in [6, 6.07) is 6.26. The molecule has 0 aliphatic carbocycles. The van der Waals surface area contributed by atoms with Gasteiger partial charge in [-0.1, -0.05) is 55.3 Å². The molecule has 3 rings (SSSR count). The number of benzene rings is 1. The van der Waals surface area contributed by atoms with Crippen LogP contribution in [0.4, 0.5) is 5.69 Å². The standard InChI is InChI=1S/C20H17ClN2O6S2/c1-2-3-4-15(19(25)26)22-18(24)17(31-20(22)30)10-12-6-8-16(29-12)13-7-5-11(23(27)28)9-14(13)21/h5-10,15H,2-4H2,1H3,(H,25,26)/b17-10+/t15-/m1/s1. The zero-order valence-electron chi connectivity index (χ0n) is 16.2. The van der Waals surface area contributed by atoms with Crippen LogP contribution in [0.15, 0.2) is 39.7 Å². The predicted octanol–water partition coefficient (Wildman–Crippen LogP) is 5.35. The molecule has 2 heterocycles. The largest absolute Gasteiger partial charge is 0.480 e. The van der Waals surface area contributed by atoms with E-state index >= 15 is 0 Å². The third-order valence-electron chi connectivity index (χ3n) is 4.58. The number of halogens is 1. The average Bonchev–Trinajstić information content (AvgIpc) is 3.27. The highest BCUT2D eigenvalue weighted by atomic mass is 35.5. The molecule has 162 valence electrons. The number of carboxylic acids is 1. The number of hydrogen-bond acceptors (Lipinski definition) is 7. The Morgan fingerprint density at radius 1 is 1.42 bits per heavy atom. The lowest BCUT2D eigenvalue weighted by Crippen LogP contribution is -2.43. The second kappa shape index (κ2) is 9.63. The van der Waals surface area contributed by atoms with E-state index in [9.17, 15) is 24.8 Å². The van der Waals surface area contributed by atoms with Crippen molar-refractivity contribution in [3.05, 3.63) is 56.1 Å². The molecule has 0 bridgehead atoms. The lowest BCUT2D eigenvalue weighted by molar-refractivity contribution is -0.384. The quantitative estimate of drug-likeness (QED) is 0.232. The van der Waals surface area contributed by atoms with Gasteiger partial charge in [-0.25, -0.2) is 4.79 Å². The summed E-state index contributed by atoms with van der Waals surface area (Å²) >= 11 is 12.4. The van der Waals surface area contributed by atoms with Gasteiger partial charge in [0, 0.05) is 23.8 Å². The van der Waals surface area contributed by atoms with Crippen molar-refractivity contribution in [3.63, 3.8) is 0 Å². The van der Waals surface area contributed by atoms with Gasteiger partial charge in [0.1, 0.15) is 21.9 Å². The Morgan fingerprint density at radius 3 is 2.77 bits per heavy atom. The maximum absolute atomic E-state index is 12.8. The van der Waals surface area contributed by atoms with Crippen LogP contribution in [-0.2, 0) is 9.59 Å². The first-order chi connectivity index (χ1) is 14.7. The summed E-state index contributed by atoms with van der Waals surface area (Å²) in [6.07, 6.45) is 3.26. The number of unbranched alkanes of at least 4 members (excludes halogenated alkanes) is 1. The van der Waals surface area contributed by atoms with E-state index < -0.39 is 22.8 Å². The van der Waals surface area contributed by atoms with Crippen LogP contribution >= 0.6 is 35.6 Å². The van der Waals surface area contributed by atoms with Crippen LogP contribution in [0.2, 0.25) is 5.02 Å². The third-order valence-corrected chi connectivity index (χ3v) is 6.22. The molecule has 1 aromatic heterocycles. The minimum Gasteiger partial charge on any atom is -0.480 e. The van der Waals surface area contributed by atoms with Crippen LogP contribution in [-0.4, -0.2) is 37.2 Å². The molecule has 0 saturated carbocycles. The summed E-state index contributed by atoms with van der Waals surface area (Å²) in [6.45, 7) is 1.94. The minimum absolute atomic E-state index is 0.139. The molecular formula is C20H17ClN2O6S2. The summed E-state index contributed by atoms with van der Waals surface area (Å²) in [5.74, 6) is -0.873. The number of nitro groups is 1. The number of carboxylic acid groups (broad SMARTS) is 1. The topological polar surface area (TPSA) is 114 Å². The Balaban J connectivity index is 1.84. The lowest BCUT2D eigenvalue weighted by Gasteiger charge is -2.22. The fourth-order valence-electron chi connectivity index (χ4n) is 3.03. The second-order valence-electron chi connectivity index (χ2n) is 6.67. The summed E-state index contributed by atoms with van der Waals surface area (Å²) < 4.78 is 5.92. The summed E-state index contributed by atoms with van der Waals surface area (Å²) in [7, 11) is 0. The van der Waals surface area contributed by atoms with Gasteiger partial charge < -0.3 is 9.52 Å². The molecule has 0 spiro atoms. The van der Waals surface area contributed by atoms with Crippen molar-refractivity contribution < 1.29 is 24.0 Å². The predicted molar refractivity (Wildman–Crippen MR) is 122 cm³/mol. The Kier molecular flexibility index (Phi) is 7.14. The van der Waals surface area contributed by atoms with E-state index in [-0.39, 0.29) is 19.9 Å². The Bertz CT molecular complexity index is 1100. The summed E-state index contributed by atoms with van der Waals surface area (Å²) in [5.41, 5.74) is 0.324. The zero-order chi connectivity index (χ0) is 22.7. The molecule has 11 heteroatoms. The molecule has 0 unspecified atom stereocenters. The summed E-state index contributed by atoms with van der Waals surface area (Å²) in [5, 5.41) is 20.5. The number of hydrogen-bond donors (Lipinski definition) is 1. The molecular weight excluding hydrogens is 464 g/mol. The van der Waals surface area contributed by atoms with E-state index in [1.807, 2.05) is 6.92 Å². The van der Waals surface area contributed by atoms with E-state index in [1.165, 1.54) is 24.3 Å². The van der Waals surface area contributed by atoms with Crippen molar-refractivity contribution in [1.29, 1.82) is 0 Å². The molecule has 8 nitrogen and oxygen atoms in total. The van der Waals surface area contributed by atoms with Crippen LogP contribution in [0.1, 0.15) is 31.9 Å². The average molecular weight is 481 g/mol. The van der Waals surface area contributed by atoms with Gasteiger partial charge in [0.05, 0.1) is 14.9 Å².